The molecule has 1 aromatic rings. The number of carboxylic acids is 1. The molecule has 1 rings (SSSR count). The summed E-state index contributed by atoms with van der Waals surface area (Å²) in [6.45, 7) is 0. The van der Waals surface area contributed by atoms with E-state index in [1.54, 1.807) is 24.3 Å². The number of carbonyl (C=O) groups is 2. The van der Waals surface area contributed by atoms with Gasteiger partial charge in [-0.3, -0.25) is 0 Å². The van der Waals surface area contributed by atoms with Gasteiger partial charge in [-0.25, -0.2) is 0 Å². The Balaban J connectivity index is 2.67. The van der Waals surface area contributed by atoms with Gasteiger partial charge in [0.1, 0.15) is 0 Å². The summed E-state index contributed by atoms with van der Waals surface area (Å²) < 4.78 is -0.158. The van der Waals surface area contributed by atoms with E-state index in [4.69, 9.17) is 10.4 Å². The van der Waals surface area contributed by atoms with Crippen molar-refractivity contribution < 1.29 is 14.7 Å². The zero-order valence-corrected chi connectivity index (χ0v) is 9.35. The van der Waals surface area contributed by atoms with Crippen molar-refractivity contribution in [3.63, 3.8) is 0 Å². The molecule has 15 heavy (non-hydrogen) atoms. The van der Waals surface area contributed by atoms with E-state index in [0.29, 0.717) is 11.1 Å². The molecule has 0 saturated carbocycles. The fourth-order valence-electron chi connectivity index (χ4n) is 0.891. The number of rotatable bonds is 4. The van der Waals surface area contributed by atoms with Crippen LogP contribution in [0.2, 0.25) is 5.32 Å². The summed E-state index contributed by atoms with van der Waals surface area (Å²) in [5.74, 6) is -0.961. The Hall–Kier alpha value is -1.63. The summed E-state index contributed by atoms with van der Waals surface area (Å²) in [6, 6.07) is 8.13. The summed E-state index contributed by atoms with van der Waals surface area (Å²) in [6.07, 6.45) is 0. The predicted molar refractivity (Wildman–Crippen MR) is 53.7 cm³/mol. The molecule has 5 heteroatoms. The van der Waals surface area contributed by atoms with E-state index in [-0.39, 0.29) is 10.0 Å². The molecule has 0 heterocycles. The molecule has 0 saturated heterocycles. The van der Waals surface area contributed by atoms with Crippen LogP contribution in [0.4, 0.5) is 0 Å². The van der Waals surface area contributed by atoms with Crippen molar-refractivity contribution in [2.75, 3.05) is 0 Å². The van der Waals surface area contributed by atoms with Crippen LogP contribution < -0.4 is 0 Å². The predicted octanol–water partition coefficient (Wildman–Crippen LogP) is 0.906. The van der Waals surface area contributed by atoms with Crippen LogP contribution in [0.1, 0.15) is 15.9 Å². The standard InChI is InChI=1S/C10H7NO3Se/c11-5-7-1-3-8(4-2-7)10(14)15-6-9(12)13/h1-4H,6H2,(H,12,13). The number of nitrogens with zero attached hydrogens (tertiary/aromatic N) is 1. The first-order chi connectivity index (χ1) is 7.13. The molecule has 0 radical (unpaired) electrons. The average molecular weight is 268 g/mol. The van der Waals surface area contributed by atoms with Gasteiger partial charge < -0.3 is 0 Å². The number of aliphatic carboxylic acids is 1. The first-order valence-electron chi connectivity index (χ1n) is 4.02. The van der Waals surface area contributed by atoms with E-state index in [0.717, 1.165) is 0 Å². The molecule has 76 valence electrons. The fraction of sp³-hybridized carbons (Fsp3) is 0.100. The fourth-order valence-corrected chi connectivity index (χ4v) is 2.06. The number of benzene rings is 1. The maximum atomic E-state index is 11.4. The van der Waals surface area contributed by atoms with Crippen molar-refractivity contribution in [2.45, 2.75) is 5.32 Å². The van der Waals surface area contributed by atoms with Crippen molar-refractivity contribution in [3.8, 4) is 6.07 Å². The monoisotopic (exact) mass is 269 g/mol. The second-order valence-corrected chi connectivity index (χ2v) is 4.65. The van der Waals surface area contributed by atoms with Crippen LogP contribution in [0.3, 0.4) is 0 Å². The van der Waals surface area contributed by atoms with Gasteiger partial charge in [0.25, 0.3) is 0 Å². The van der Waals surface area contributed by atoms with Crippen molar-refractivity contribution >= 4 is 25.6 Å². The minimum atomic E-state index is -0.961. The second-order valence-electron chi connectivity index (χ2n) is 2.66. The molecule has 0 aliphatic rings. The summed E-state index contributed by atoms with van der Waals surface area (Å²) in [4.78, 5) is 21.7. The van der Waals surface area contributed by atoms with E-state index >= 15 is 0 Å². The summed E-state index contributed by atoms with van der Waals surface area (Å²) in [5.41, 5.74) is 0.951. The van der Waals surface area contributed by atoms with E-state index < -0.39 is 20.9 Å². The molecule has 4 nitrogen and oxygen atoms in total. The maximum absolute atomic E-state index is 11.4. The third kappa shape index (κ3) is 3.55. The number of nitriles is 1. The Bertz CT molecular complexity index is 419. The molecule has 0 amide bonds. The van der Waals surface area contributed by atoms with Crippen LogP contribution in [-0.2, 0) is 4.79 Å². The molecule has 1 aromatic carbocycles. The second kappa shape index (κ2) is 5.30. The summed E-state index contributed by atoms with van der Waals surface area (Å²) in [5, 5.41) is 16.8. The van der Waals surface area contributed by atoms with Crippen LogP contribution in [0.5, 0.6) is 0 Å². The van der Waals surface area contributed by atoms with Gasteiger partial charge in [0, 0.05) is 0 Å². The van der Waals surface area contributed by atoms with Gasteiger partial charge in [0.2, 0.25) is 0 Å². The Kier molecular flexibility index (Phi) is 4.04. The molecule has 0 unspecified atom stereocenters. The van der Waals surface area contributed by atoms with Crippen LogP contribution in [0, 0.1) is 11.3 Å². The van der Waals surface area contributed by atoms with E-state index in [1.807, 2.05) is 6.07 Å². The first kappa shape index (κ1) is 11.4. The quantitative estimate of drug-likeness (QED) is 0.823. The van der Waals surface area contributed by atoms with Gasteiger partial charge >= 0.3 is 92.3 Å². The number of hydrogen-bond donors (Lipinski definition) is 1. The van der Waals surface area contributed by atoms with E-state index in [1.165, 1.54) is 0 Å². The van der Waals surface area contributed by atoms with Gasteiger partial charge in [-0.05, 0) is 0 Å². The molecule has 0 aliphatic carbocycles. The average Bonchev–Trinajstić information content (AvgIpc) is 2.26. The molecule has 0 aromatic heterocycles. The van der Waals surface area contributed by atoms with Crippen LogP contribution in [0.15, 0.2) is 24.3 Å². The van der Waals surface area contributed by atoms with Crippen LogP contribution in [-0.4, -0.2) is 30.7 Å². The van der Waals surface area contributed by atoms with Gasteiger partial charge in [-0.15, -0.1) is 0 Å². The normalized spacial score (nSPS) is 9.27. The van der Waals surface area contributed by atoms with E-state index in [9.17, 15) is 9.59 Å². The molecular weight excluding hydrogens is 261 g/mol. The zero-order valence-electron chi connectivity index (χ0n) is 7.64. The Morgan fingerprint density at radius 2 is 1.93 bits per heavy atom. The van der Waals surface area contributed by atoms with Gasteiger partial charge in [0.15, 0.2) is 0 Å². The van der Waals surface area contributed by atoms with Crippen LogP contribution >= 0.6 is 0 Å². The van der Waals surface area contributed by atoms with Crippen molar-refractivity contribution in [1.82, 2.24) is 0 Å². The van der Waals surface area contributed by atoms with Crippen LogP contribution in [0.25, 0.3) is 0 Å². The SMILES string of the molecule is N#Cc1ccc(C(=O)[Se]CC(=O)O)cc1. The van der Waals surface area contributed by atoms with Crippen molar-refractivity contribution in [3.05, 3.63) is 35.4 Å². The minimum absolute atomic E-state index is 0.105. The number of hydrogen-bond acceptors (Lipinski definition) is 3. The molecular formula is C10H7NO3Se. The molecule has 0 bridgehead atoms. The van der Waals surface area contributed by atoms with Crippen molar-refractivity contribution in [2.24, 2.45) is 0 Å². The van der Waals surface area contributed by atoms with E-state index in [2.05, 4.69) is 0 Å². The molecule has 0 atom stereocenters. The first-order valence-corrected chi connectivity index (χ1v) is 6.09. The summed E-state index contributed by atoms with van der Waals surface area (Å²) >= 11 is -0.569. The zero-order chi connectivity index (χ0) is 11.3. The molecule has 0 fully saturated rings. The van der Waals surface area contributed by atoms with Gasteiger partial charge in [-0.1, -0.05) is 0 Å². The van der Waals surface area contributed by atoms with Crippen molar-refractivity contribution in [1.29, 1.82) is 5.26 Å². The third-order valence-electron chi connectivity index (χ3n) is 1.58. The Morgan fingerprint density at radius 3 is 2.40 bits per heavy atom. The number of carbonyl (C=O) groups excluding carboxylic acids is 1. The number of carboxylic acid groups (broad SMARTS) is 1. The van der Waals surface area contributed by atoms with Gasteiger partial charge in [0.05, 0.1) is 0 Å². The van der Waals surface area contributed by atoms with Gasteiger partial charge in [-0.2, -0.15) is 0 Å². The molecule has 1 N–H and O–H groups in total. The Morgan fingerprint density at radius 1 is 1.33 bits per heavy atom. The topological polar surface area (TPSA) is 78.2 Å². The summed E-state index contributed by atoms with van der Waals surface area (Å²) in [7, 11) is 0. The Labute approximate surface area is 92.7 Å². The third-order valence-corrected chi connectivity index (χ3v) is 3.44. The molecule has 0 aliphatic heterocycles. The molecule has 0 spiro atoms.